The van der Waals surface area contributed by atoms with Gasteiger partial charge in [0.25, 0.3) is 0 Å². The number of hydrogen-bond donors (Lipinski definition) is 3. The van der Waals surface area contributed by atoms with E-state index in [9.17, 15) is 5.11 Å². The minimum atomic E-state index is 0.0268. The highest BCUT2D eigenvalue weighted by Crippen LogP contribution is 2.37. The number of aliphatic hydroxyl groups is 1. The van der Waals surface area contributed by atoms with Crippen molar-refractivity contribution < 1.29 is 5.11 Å². The lowest BCUT2D eigenvalue weighted by Gasteiger charge is -2.36. The van der Waals surface area contributed by atoms with Crippen molar-refractivity contribution in [1.82, 2.24) is 4.98 Å². The zero-order chi connectivity index (χ0) is 14.7. The van der Waals surface area contributed by atoms with Gasteiger partial charge in [0.05, 0.1) is 6.61 Å². The summed E-state index contributed by atoms with van der Waals surface area (Å²) in [7, 11) is 0. The van der Waals surface area contributed by atoms with Gasteiger partial charge in [-0.2, -0.15) is 0 Å². The molecule has 21 heavy (non-hydrogen) atoms. The van der Waals surface area contributed by atoms with Gasteiger partial charge in [0, 0.05) is 46.5 Å². The van der Waals surface area contributed by atoms with Gasteiger partial charge in [0.15, 0.2) is 0 Å². The van der Waals surface area contributed by atoms with E-state index in [1.807, 2.05) is 18.2 Å². The standard InChI is InChI=1S/C17H23N3O/c18-15-4-5-16(13-6-9-19-10-14(13)15)20-11-17(12-21)7-2-1-3-8-17/h4-6,9-10,20-21H,1-3,7-8,11-12,18H2. The van der Waals surface area contributed by atoms with Gasteiger partial charge in [-0.25, -0.2) is 0 Å². The fraction of sp³-hybridized carbons (Fsp3) is 0.471. The number of aromatic nitrogens is 1. The van der Waals surface area contributed by atoms with Crippen LogP contribution in [0.2, 0.25) is 0 Å². The number of hydrogen-bond acceptors (Lipinski definition) is 4. The SMILES string of the molecule is Nc1ccc(NCC2(CO)CCCCC2)c2ccncc12. The van der Waals surface area contributed by atoms with Crippen LogP contribution >= 0.6 is 0 Å². The first-order valence-corrected chi connectivity index (χ1v) is 7.71. The second-order valence-corrected chi connectivity index (χ2v) is 6.20. The van der Waals surface area contributed by atoms with Gasteiger partial charge in [-0.3, -0.25) is 4.98 Å². The molecule has 0 atom stereocenters. The van der Waals surface area contributed by atoms with Crippen LogP contribution < -0.4 is 11.1 Å². The third kappa shape index (κ3) is 2.81. The lowest BCUT2D eigenvalue weighted by Crippen LogP contribution is -2.35. The summed E-state index contributed by atoms with van der Waals surface area (Å²) in [6.45, 7) is 1.07. The summed E-state index contributed by atoms with van der Waals surface area (Å²) in [6, 6.07) is 5.92. The molecule has 1 aliphatic rings. The second-order valence-electron chi connectivity index (χ2n) is 6.20. The van der Waals surface area contributed by atoms with E-state index >= 15 is 0 Å². The molecule has 4 heteroatoms. The highest BCUT2D eigenvalue weighted by molar-refractivity contribution is 6.00. The monoisotopic (exact) mass is 285 g/mol. The summed E-state index contributed by atoms with van der Waals surface area (Å²) in [5.41, 5.74) is 7.85. The Morgan fingerprint density at radius 3 is 2.71 bits per heavy atom. The molecule has 4 nitrogen and oxygen atoms in total. The third-order valence-corrected chi connectivity index (χ3v) is 4.76. The van der Waals surface area contributed by atoms with E-state index in [0.29, 0.717) is 0 Å². The first kappa shape index (κ1) is 14.1. The maximum Gasteiger partial charge on any atom is 0.0504 e. The lowest BCUT2D eigenvalue weighted by molar-refractivity contribution is 0.0944. The van der Waals surface area contributed by atoms with Crippen LogP contribution in [0.3, 0.4) is 0 Å². The minimum absolute atomic E-state index is 0.0268. The van der Waals surface area contributed by atoms with Gasteiger partial charge in [-0.15, -0.1) is 0 Å². The molecular formula is C17H23N3O. The first-order valence-electron chi connectivity index (χ1n) is 7.71. The van der Waals surface area contributed by atoms with E-state index in [1.165, 1.54) is 19.3 Å². The molecule has 3 rings (SSSR count). The van der Waals surface area contributed by atoms with Crippen molar-refractivity contribution in [3.8, 4) is 0 Å². The maximum atomic E-state index is 9.81. The normalized spacial score (nSPS) is 17.8. The van der Waals surface area contributed by atoms with Crippen LogP contribution in [0, 0.1) is 5.41 Å². The molecule has 0 aliphatic heterocycles. The Morgan fingerprint density at radius 1 is 1.14 bits per heavy atom. The van der Waals surface area contributed by atoms with Crippen molar-refractivity contribution >= 4 is 22.1 Å². The van der Waals surface area contributed by atoms with Crippen molar-refractivity contribution in [3.63, 3.8) is 0 Å². The highest BCUT2D eigenvalue weighted by atomic mass is 16.3. The van der Waals surface area contributed by atoms with Crippen LogP contribution in [0.5, 0.6) is 0 Å². The number of aliphatic hydroxyl groups excluding tert-OH is 1. The topological polar surface area (TPSA) is 71.2 Å². The van der Waals surface area contributed by atoms with Gasteiger partial charge < -0.3 is 16.2 Å². The molecule has 1 aromatic carbocycles. The number of nitrogens with one attached hydrogen (secondary N) is 1. The minimum Gasteiger partial charge on any atom is -0.398 e. The van der Waals surface area contributed by atoms with Crippen molar-refractivity contribution in [3.05, 3.63) is 30.6 Å². The average Bonchev–Trinajstić information content (AvgIpc) is 2.55. The van der Waals surface area contributed by atoms with Gasteiger partial charge in [0.2, 0.25) is 0 Å². The fourth-order valence-electron chi connectivity index (χ4n) is 3.34. The Kier molecular flexibility index (Phi) is 3.97. The number of fused-ring (bicyclic) bond motifs is 1. The second kappa shape index (κ2) is 5.90. The van der Waals surface area contributed by atoms with Crippen molar-refractivity contribution in [2.75, 3.05) is 24.2 Å². The van der Waals surface area contributed by atoms with Crippen molar-refractivity contribution in [1.29, 1.82) is 0 Å². The molecule has 0 spiro atoms. The Balaban J connectivity index is 1.83. The summed E-state index contributed by atoms with van der Waals surface area (Å²) in [6.07, 6.45) is 9.52. The molecule has 0 radical (unpaired) electrons. The van der Waals surface area contributed by atoms with E-state index in [0.717, 1.165) is 41.5 Å². The van der Waals surface area contributed by atoms with Gasteiger partial charge in [-0.05, 0) is 31.0 Å². The van der Waals surface area contributed by atoms with Gasteiger partial charge in [-0.1, -0.05) is 19.3 Å². The largest absolute Gasteiger partial charge is 0.398 e. The Hall–Kier alpha value is -1.81. The molecule has 0 unspecified atom stereocenters. The quantitative estimate of drug-likeness (QED) is 0.755. The molecule has 2 aromatic rings. The average molecular weight is 285 g/mol. The number of nitrogens with zero attached hydrogens (tertiary/aromatic N) is 1. The molecule has 0 saturated heterocycles. The van der Waals surface area contributed by atoms with E-state index in [-0.39, 0.29) is 12.0 Å². The van der Waals surface area contributed by atoms with Gasteiger partial charge >= 0.3 is 0 Å². The molecule has 0 bridgehead atoms. The van der Waals surface area contributed by atoms with Crippen LogP contribution in [-0.4, -0.2) is 23.2 Å². The smallest absolute Gasteiger partial charge is 0.0504 e. The summed E-state index contributed by atoms with van der Waals surface area (Å²) >= 11 is 0. The van der Waals surface area contributed by atoms with E-state index in [4.69, 9.17) is 5.73 Å². The zero-order valence-corrected chi connectivity index (χ0v) is 12.3. The van der Waals surface area contributed by atoms with Crippen LogP contribution in [0.1, 0.15) is 32.1 Å². The molecule has 112 valence electrons. The van der Waals surface area contributed by atoms with Crippen LogP contribution in [0.25, 0.3) is 10.8 Å². The van der Waals surface area contributed by atoms with Crippen molar-refractivity contribution in [2.24, 2.45) is 5.41 Å². The first-order chi connectivity index (χ1) is 10.2. The van der Waals surface area contributed by atoms with Crippen LogP contribution in [-0.2, 0) is 0 Å². The Labute approximate surface area is 125 Å². The maximum absolute atomic E-state index is 9.81. The molecule has 1 heterocycles. The molecule has 4 N–H and O–H groups in total. The number of rotatable bonds is 4. The van der Waals surface area contributed by atoms with Crippen LogP contribution in [0.15, 0.2) is 30.6 Å². The number of benzene rings is 1. The number of anilines is 2. The van der Waals surface area contributed by atoms with Crippen LogP contribution in [0.4, 0.5) is 11.4 Å². The fourth-order valence-corrected chi connectivity index (χ4v) is 3.34. The molecule has 1 aromatic heterocycles. The lowest BCUT2D eigenvalue weighted by atomic mass is 9.74. The molecule has 1 aliphatic carbocycles. The number of nitrogen functional groups attached to an aromatic ring is 1. The summed E-state index contributed by atoms with van der Waals surface area (Å²) in [5, 5.41) is 15.4. The Bertz CT molecular complexity index is 620. The van der Waals surface area contributed by atoms with Gasteiger partial charge in [0.1, 0.15) is 0 Å². The molecule has 1 saturated carbocycles. The number of pyridine rings is 1. The highest BCUT2D eigenvalue weighted by Gasteiger charge is 2.31. The zero-order valence-electron chi connectivity index (χ0n) is 12.3. The summed E-state index contributed by atoms with van der Waals surface area (Å²) in [4.78, 5) is 4.15. The number of nitrogens with two attached hydrogens (primary N) is 1. The van der Waals surface area contributed by atoms with E-state index in [1.54, 1.807) is 12.4 Å². The van der Waals surface area contributed by atoms with Crippen molar-refractivity contribution in [2.45, 2.75) is 32.1 Å². The molecule has 1 fully saturated rings. The third-order valence-electron chi connectivity index (χ3n) is 4.76. The summed E-state index contributed by atoms with van der Waals surface area (Å²) in [5.74, 6) is 0. The summed E-state index contributed by atoms with van der Waals surface area (Å²) < 4.78 is 0. The molecule has 0 amide bonds. The van der Waals surface area contributed by atoms with E-state index in [2.05, 4.69) is 10.3 Å². The predicted molar refractivity (Wildman–Crippen MR) is 87.2 cm³/mol. The van der Waals surface area contributed by atoms with E-state index < -0.39 is 0 Å². The molecular weight excluding hydrogens is 262 g/mol. The predicted octanol–water partition coefficient (Wildman–Crippen LogP) is 3.17. The Morgan fingerprint density at radius 2 is 1.95 bits per heavy atom.